The first-order valence-corrected chi connectivity index (χ1v) is 8.64. The summed E-state index contributed by atoms with van der Waals surface area (Å²) in [5.74, 6) is -1.36. The number of carboxylic acid groups (broad SMARTS) is 1. The fourth-order valence-electron chi connectivity index (χ4n) is 4.31. The van der Waals surface area contributed by atoms with Crippen molar-refractivity contribution < 1.29 is 19.1 Å². The van der Waals surface area contributed by atoms with Crippen molar-refractivity contribution in [2.75, 3.05) is 0 Å². The highest BCUT2D eigenvalue weighted by Crippen LogP contribution is 2.40. The van der Waals surface area contributed by atoms with Crippen LogP contribution in [0.3, 0.4) is 0 Å². The Hall–Kier alpha value is -2.63. The Morgan fingerprint density at radius 1 is 1.16 bits per heavy atom. The average molecular weight is 341 g/mol. The largest absolute Gasteiger partial charge is 0.480 e. The van der Waals surface area contributed by atoms with Crippen LogP contribution in [0.15, 0.2) is 39.5 Å². The highest BCUT2D eigenvalue weighted by atomic mass is 16.4. The van der Waals surface area contributed by atoms with E-state index in [0.717, 1.165) is 25.7 Å². The van der Waals surface area contributed by atoms with E-state index in [0.29, 0.717) is 17.4 Å². The molecule has 130 valence electrons. The number of amides is 1. The molecule has 2 aromatic rings. The molecule has 1 amide bonds. The third-order valence-corrected chi connectivity index (χ3v) is 5.45. The number of aliphatic carboxylic acids is 1. The molecule has 1 aliphatic carbocycles. The summed E-state index contributed by atoms with van der Waals surface area (Å²) in [4.78, 5) is 38.4. The lowest BCUT2D eigenvalue weighted by molar-refractivity contribution is -0.141. The van der Waals surface area contributed by atoms with Crippen LogP contribution in [0, 0.1) is 5.92 Å². The predicted octanol–water partition coefficient (Wildman–Crippen LogP) is 2.65. The molecular formula is C19H19NO5. The number of carbonyl (C=O) groups is 2. The minimum absolute atomic E-state index is 0.0822. The van der Waals surface area contributed by atoms with Gasteiger partial charge in [0.25, 0.3) is 5.91 Å². The van der Waals surface area contributed by atoms with Crippen LogP contribution >= 0.6 is 0 Å². The molecule has 2 heterocycles. The van der Waals surface area contributed by atoms with Crippen LogP contribution in [0.25, 0.3) is 11.0 Å². The van der Waals surface area contributed by atoms with E-state index >= 15 is 0 Å². The van der Waals surface area contributed by atoms with Crippen molar-refractivity contribution in [1.29, 1.82) is 0 Å². The lowest BCUT2D eigenvalue weighted by Crippen LogP contribution is -2.46. The number of carbonyl (C=O) groups excluding carboxylic acids is 1. The second-order valence-corrected chi connectivity index (χ2v) is 6.89. The second-order valence-electron chi connectivity index (χ2n) is 6.89. The number of carboxylic acids is 1. The number of rotatable bonds is 2. The maximum Gasteiger partial charge on any atom is 0.326 e. The molecule has 0 unspecified atom stereocenters. The Morgan fingerprint density at radius 3 is 2.72 bits per heavy atom. The monoisotopic (exact) mass is 341 g/mol. The van der Waals surface area contributed by atoms with Crippen molar-refractivity contribution in [3.05, 3.63) is 46.3 Å². The summed E-state index contributed by atoms with van der Waals surface area (Å²) < 4.78 is 5.64. The Kier molecular flexibility index (Phi) is 3.82. The van der Waals surface area contributed by atoms with E-state index in [1.807, 2.05) is 0 Å². The molecule has 1 saturated heterocycles. The van der Waals surface area contributed by atoms with Crippen molar-refractivity contribution >= 4 is 22.8 Å². The van der Waals surface area contributed by atoms with Gasteiger partial charge in [0.15, 0.2) is 11.2 Å². The fourth-order valence-corrected chi connectivity index (χ4v) is 4.31. The number of nitrogens with zero attached hydrogens (tertiary/aromatic N) is 1. The number of para-hydroxylation sites is 1. The number of hydrogen-bond acceptors (Lipinski definition) is 4. The third kappa shape index (κ3) is 2.62. The van der Waals surface area contributed by atoms with Crippen LogP contribution < -0.4 is 5.43 Å². The summed E-state index contributed by atoms with van der Waals surface area (Å²) in [6.45, 7) is 0. The van der Waals surface area contributed by atoms with Gasteiger partial charge in [-0.2, -0.15) is 0 Å². The summed E-state index contributed by atoms with van der Waals surface area (Å²) in [6.07, 6.45) is 4.28. The normalized spacial score (nSPS) is 25.8. The number of hydrogen-bond donors (Lipinski definition) is 1. The molecule has 1 aromatic heterocycles. The van der Waals surface area contributed by atoms with Gasteiger partial charge in [-0.3, -0.25) is 9.59 Å². The van der Waals surface area contributed by atoms with E-state index in [9.17, 15) is 19.5 Å². The van der Waals surface area contributed by atoms with E-state index in [1.165, 1.54) is 11.0 Å². The van der Waals surface area contributed by atoms with Crippen LogP contribution in [-0.2, 0) is 4.79 Å². The summed E-state index contributed by atoms with van der Waals surface area (Å²) in [5.41, 5.74) is 0.0427. The molecule has 2 aliphatic rings. The number of benzene rings is 1. The molecule has 4 rings (SSSR count). The summed E-state index contributed by atoms with van der Waals surface area (Å²) in [7, 11) is 0. The number of fused-ring (bicyclic) bond motifs is 2. The van der Waals surface area contributed by atoms with Gasteiger partial charge in [0, 0.05) is 12.1 Å². The summed E-state index contributed by atoms with van der Waals surface area (Å²) in [6, 6.07) is 6.98. The van der Waals surface area contributed by atoms with Gasteiger partial charge >= 0.3 is 5.97 Å². The lowest BCUT2D eigenvalue weighted by atomic mass is 9.84. The van der Waals surface area contributed by atoms with Gasteiger partial charge < -0.3 is 14.4 Å². The van der Waals surface area contributed by atoms with Gasteiger partial charge in [0.1, 0.15) is 11.6 Å². The molecule has 6 heteroatoms. The Balaban J connectivity index is 1.76. The molecule has 0 radical (unpaired) electrons. The van der Waals surface area contributed by atoms with Crippen LogP contribution in [0.2, 0.25) is 0 Å². The van der Waals surface area contributed by atoms with Crippen molar-refractivity contribution in [2.45, 2.75) is 44.2 Å². The molecule has 1 N–H and O–H groups in total. The Bertz CT molecular complexity index is 902. The Labute approximate surface area is 144 Å². The number of likely N-dealkylation sites (tertiary alicyclic amines) is 1. The fraction of sp³-hybridized carbons (Fsp3) is 0.421. The van der Waals surface area contributed by atoms with Crippen LogP contribution in [0.5, 0.6) is 0 Å². The highest BCUT2D eigenvalue weighted by molar-refractivity contribution is 5.96. The molecule has 0 bridgehead atoms. The van der Waals surface area contributed by atoms with Gasteiger partial charge in [-0.25, -0.2) is 4.79 Å². The van der Waals surface area contributed by atoms with E-state index in [-0.39, 0.29) is 23.1 Å². The third-order valence-electron chi connectivity index (χ3n) is 5.45. The van der Waals surface area contributed by atoms with Crippen LogP contribution in [-0.4, -0.2) is 34.0 Å². The van der Waals surface area contributed by atoms with Crippen LogP contribution in [0.4, 0.5) is 0 Å². The van der Waals surface area contributed by atoms with E-state index in [1.54, 1.807) is 24.3 Å². The quantitative estimate of drug-likeness (QED) is 0.907. The van der Waals surface area contributed by atoms with E-state index in [2.05, 4.69) is 0 Å². The predicted molar refractivity (Wildman–Crippen MR) is 90.4 cm³/mol. The smallest absolute Gasteiger partial charge is 0.326 e. The first kappa shape index (κ1) is 15.9. The molecule has 1 aliphatic heterocycles. The van der Waals surface area contributed by atoms with Gasteiger partial charge in [0.05, 0.1) is 5.39 Å². The zero-order valence-electron chi connectivity index (χ0n) is 13.7. The molecule has 25 heavy (non-hydrogen) atoms. The van der Waals surface area contributed by atoms with Crippen molar-refractivity contribution in [2.24, 2.45) is 5.92 Å². The molecule has 1 saturated carbocycles. The first-order valence-electron chi connectivity index (χ1n) is 8.64. The zero-order chi connectivity index (χ0) is 17.6. The highest BCUT2D eigenvalue weighted by Gasteiger charge is 2.48. The molecule has 3 atom stereocenters. The topological polar surface area (TPSA) is 87.8 Å². The Morgan fingerprint density at radius 2 is 1.92 bits per heavy atom. The molecule has 0 spiro atoms. The second kappa shape index (κ2) is 6.02. The SMILES string of the molecule is O=C(O)[C@@H]1C[C@@H]2CCCC[C@@H]2N1C(=O)c1cc(=O)c2ccccc2o1. The maximum atomic E-state index is 13.0. The minimum Gasteiger partial charge on any atom is -0.480 e. The first-order chi connectivity index (χ1) is 12.1. The maximum absolute atomic E-state index is 13.0. The average Bonchev–Trinajstić information content (AvgIpc) is 3.01. The van der Waals surface area contributed by atoms with Gasteiger partial charge in [-0.1, -0.05) is 25.0 Å². The lowest BCUT2D eigenvalue weighted by Gasteiger charge is -2.32. The molecular weight excluding hydrogens is 322 g/mol. The molecule has 6 nitrogen and oxygen atoms in total. The summed E-state index contributed by atoms with van der Waals surface area (Å²) in [5, 5.41) is 9.97. The molecule has 1 aromatic carbocycles. The van der Waals surface area contributed by atoms with Crippen molar-refractivity contribution in [1.82, 2.24) is 4.90 Å². The van der Waals surface area contributed by atoms with Crippen molar-refractivity contribution in [3.63, 3.8) is 0 Å². The van der Waals surface area contributed by atoms with Gasteiger partial charge in [-0.05, 0) is 37.3 Å². The van der Waals surface area contributed by atoms with Gasteiger partial charge in [-0.15, -0.1) is 0 Å². The van der Waals surface area contributed by atoms with Crippen LogP contribution in [0.1, 0.15) is 42.7 Å². The molecule has 2 fully saturated rings. The van der Waals surface area contributed by atoms with E-state index in [4.69, 9.17) is 4.42 Å². The summed E-state index contributed by atoms with van der Waals surface area (Å²) >= 11 is 0. The van der Waals surface area contributed by atoms with E-state index < -0.39 is 17.9 Å². The van der Waals surface area contributed by atoms with Crippen molar-refractivity contribution in [3.8, 4) is 0 Å². The standard InChI is InChI=1S/C19H19NO5/c21-15-10-17(25-16-8-4-2-6-12(15)16)18(22)20-13-7-3-1-5-11(13)9-14(20)19(23)24/h2,4,6,8,10-11,13-14H,1,3,5,7,9H2,(H,23,24)/t11-,13-,14-/m0/s1. The minimum atomic E-state index is -0.995. The van der Waals surface area contributed by atoms with Gasteiger partial charge in [0.2, 0.25) is 0 Å². The zero-order valence-corrected chi connectivity index (χ0v) is 13.7.